The Morgan fingerprint density at radius 2 is 1.89 bits per heavy atom. The highest BCUT2D eigenvalue weighted by Crippen LogP contribution is 2.33. The van der Waals surface area contributed by atoms with Gasteiger partial charge >= 0.3 is 0 Å². The lowest BCUT2D eigenvalue weighted by Crippen LogP contribution is -2.20. The van der Waals surface area contributed by atoms with Gasteiger partial charge in [0.1, 0.15) is 10.6 Å². The number of benzene rings is 1. The number of hydrogen-bond acceptors (Lipinski definition) is 5. The van der Waals surface area contributed by atoms with E-state index < -0.39 is 15.4 Å². The number of methoxy groups -OCH3 is 1. The molecule has 0 unspecified atom stereocenters. The number of ether oxygens (including phenoxy) is 1. The fourth-order valence-electron chi connectivity index (χ4n) is 2.62. The van der Waals surface area contributed by atoms with Crippen molar-refractivity contribution in [2.24, 2.45) is 0 Å². The van der Waals surface area contributed by atoms with Crippen LogP contribution in [-0.2, 0) is 20.2 Å². The minimum atomic E-state index is -3.94. The molecule has 154 valence electrons. The standard InChI is InChI=1S/C19H28N4O4S/c1-12(2)23-11-17(18(21-23)19(4,5)6)28(25,26)22-15-10-14(20-13(3)24)8-9-16(15)27-7/h8-12,22H,1-7H3,(H,20,24). The molecule has 0 fully saturated rings. The summed E-state index contributed by atoms with van der Waals surface area (Å²) >= 11 is 0. The largest absolute Gasteiger partial charge is 0.495 e. The number of nitrogens with one attached hydrogen (secondary N) is 2. The Kier molecular flexibility index (Phi) is 6.08. The van der Waals surface area contributed by atoms with Gasteiger partial charge in [-0.3, -0.25) is 14.2 Å². The van der Waals surface area contributed by atoms with Gasteiger partial charge in [0, 0.05) is 30.3 Å². The molecule has 9 heteroatoms. The molecule has 1 aromatic carbocycles. The molecule has 2 aromatic rings. The van der Waals surface area contributed by atoms with Crippen molar-refractivity contribution in [1.29, 1.82) is 0 Å². The van der Waals surface area contributed by atoms with Crippen molar-refractivity contribution in [3.63, 3.8) is 0 Å². The van der Waals surface area contributed by atoms with E-state index in [9.17, 15) is 13.2 Å². The fraction of sp³-hybridized carbons (Fsp3) is 0.474. The molecule has 0 aliphatic carbocycles. The van der Waals surface area contributed by atoms with Crippen LogP contribution >= 0.6 is 0 Å². The number of anilines is 2. The molecule has 8 nitrogen and oxygen atoms in total. The molecule has 1 amide bonds. The fourth-order valence-corrected chi connectivity index (χ4v) is 4.03. The minimum Gasteiger partial charge on any atom is -0.495 e. The molecule has 0 atom stereocenters. The average molecular weight is 409 g/mol. The van der Waals surface area contributed by atoms with Crippen molar-refractivity contribution in [2.45, 2.75) is 57.9 Å². The van der Waals surface area contributed by atoms with Crippen LogP contribution in [0.4, 0.5) is 11.4 Å². The maximum Gasteiger partial charge on any atom is 0.265 e. The van der Waals surface area contributed by atoms with E-state index in [1.165, 1.54) is 26.3 Å². The Balaban J connectivity index is 2.53. The van der Waals surface area contributed by atoms with Crippen LogP contribution in [-0.4, -0.2) is 31.2 Å². The van der Waals surface area contributed by atoms with Gasteiger partial charge in [-0.05, 0) is 32.0 Å². The molecule has 0 radical (unpaired) electrons. The van der Waals surface area contributed by atoms with E-state index in [1.807, 2.05) is 34.6 Å². The lowest BCUT2D eigenvalue weighted by atomic mass is 9.92. The monoisotopic (exact) mass is 408 g/mol. The number of aromatic nitrogens is 2. The molecule has 0 saturated carbocycles. The number of sulfonamides is 1. The van der Waals surface area contributed by atoms with Crippen LogP contribution in [0.2, 0.25) is 0 Å². The topological polar surface area (TPSA) is 102 Å². The molecular formula is C19H28N4O4S. The first-order valence-corrected chi connectivity index (χ1v) is 10.4. The van der Waals surface area contributed by atoms with Crippen LogP contribution in [0.1, 0.15) is 53.3 Å². The summed E-state index contributed by atoms with van der Waals surface area (Å²) in [6.45, 7) is 11.0. The van der Waals surface area contributed by atoms with Gasteiger partial charge in [-0.15, -0.1) is 0 Å². The maximum absolute atomic E-state index is 13.2. The summed E-state index contributed by atoms with van der Waals surface area (Å²) in [5.74, 6) is 0.0819. The smallest absolute Gasteiger partial charge is 0.265 e. The molecule has 1 heterocycles. The van der Waals surface area contributed by atoms with Crippen LogP contribution in [0.5, 0.6) is 5.75 Å². The number of rotatable bonds is 6. The Morgan fingerprint density at radius 3 is 2.39 bits per heavy atom. The molecule has 0 saturated heterocycles. The summed E-state index contributed by atoms with van der Waals surface area (Å²) in [5.41, 5.74) is 0.698. The zero-order valence-electron chi connectivity index (χ0n) is 17.3. The number of hydrogen-bond donors (Lipinski definition) is 2. The van der Waals surface area contributed by atoms with E-state index in [0.29, 0.717) is 17.1 Å². The second kappa shape index (κ2) is 7.83. The van der Waals surface area contributed by atoms with Crippen LogP contribution in [0.15, 0.2) is 29.3 Å². The van der Waals surface area contributed by atoms with Gasteiger partial charge in [0.2, 0.25) is 5.91 Å². The van der Waals surface area contributed by atoms with Crippen LogP contribution in [0, 0.1) is 0 Å². The zero-order valence-corrected chi connectivity index (χ0v) is 18.1. The van der Waals surface area contributed by atoms with Crippen molar-refractivity contribution in [1.82, 2.24) is 9.78 Å². The third-order valence-electron chi connectivity index (χ3n) is 3.99. The Hall–Kier alpha value is -2.55. The van der Waals surface area contributed by atoms with E-state index in [2.05, 4.69) is 15.1 Å². The highest BCUT2D eigenvalue weighted by Gasteiger charge is 2.31. The van der Waals surface area contributed by atoms with E-state index in [-0.39, 0.29) is 22.5 Å². The summed E-state index contributed by atoms with van der Waals surface area (Å²) in [4.78, 5) is 11.4. The van der Waals surface area contributed by atoms with Gasteiger partial charge in [0.25, 0.3) is 10.0 Å². The first-order valence-electron chi connectivity index (χ1n) is 8.93. The first kappa shape index (κ1) is 21.7. The molecule has 2 N–H and O–H groups in total. The van der Waals surface area contributed by atoms with Gasteiger partial charge in [0.15, 0.2) is 0 Å². The molecule has 0 bridgehead atoms. The third-order valence-corrected chi connectivity index (χ3v) is 5.36. The Morgan fingerprint density at radius 1 is 1.25 bits per heavy atom. The molecule has 28 heavy (non-hydrogen) atoms. The van der Waals surface area contributed by atoms with Crippen molar-refractivity contribution in [3.05, 3.63) is 30.1 Å². The summed E-state index contributed by atoms with van der Waals surface area (Å²) in [5, 5.41) is 7.13. The zero-order chi connectivity index (χ0) is 21.3. The van der Waals surface area contributed by atoms with Crippen molar-refractivity contribution in [3.8, 4) is 5.75 Å². The van der Waals surface area contributed by atoms with Gasteiger partial charge in [-0.1, -0.05) is 20.8 Å². The van der Waals surface area contributed by atoms with Crippen molar-refractivity contribution < 1.29 is 17.9 Å². The highest BCUT2D eigenvalue weighted by atomic mass is 32.2. The number of amides is 1. The van der Waals surface area contributed by atoms with Crippen LogP contribution < -0.4 is 14.8 Å². The second-order valence-electron chi connectivity index (χ2n) is 7.87. The molecular weight excluding hydrogens is 380 g/mol. The predicted octanol–water partition coefficient (Wildman–Crippen LogP) is 3.53. The summed E-state index contributed by atoms with van der Waals surface area (Å²) < 4.78 is 35.9. The van der Waals surface area contributed by atoms with Crippen molar-refractivity contribution in [2.75, 3.05) is 17.1 Å². The summed E-state index contributed by atoms with van der Waals surface area (Å²) in [7, 11) is -2.50. The molecule has 2 rings (SSSR count). The highest BCUT2D eigenvalue weighted by molar-refractivity contribution is 7.92. The molecule has 0 aliphatic rings. The van der Waals surface area contributed by atoms with Gasteiger partial charge < -0.3 is 10.1 Å². The average Bonchev–Trinajstić information content (AvgIpc) is 3.01. The van der Waals surface area contributed by atoms with Gasteiger partial charge in [0.05, 0.1) is 18.5 Å². The minimum absolute atomic E-state index is 0.0164. The SMILES string of the molecule is COc1ccc(NC(C)=O)cc1NS(=O)(=O)c1cn(C(C)C)nc1C(C)(C)C. The third kappa shape index (κ3) is 4.83. The quantitative estimate of drug-likeness (QED) is 0.761. The maximum atomic E-state index is 13.2. The second-order valence-corrected chi connectivity index (χ2v) is 9.52. The van der Waals surface area contributed by atoms with Gasteiger partial charge in [-0.25, -0.2) is 8.42 Å². The lowest BCUT2D eigenvalue weighted by Gasteiger charge is -2.18. The Bertz CT molecular complexity index is 972. The van der Waals surface area contributed by atoms with Gasteiger partial charge in [-0.2, -0.15) is 5.10 Å². The predicted molar refractivity (Wildman–Crippen MR) is 109 cm³/mol. The first-order chi connectivity index (χ1) is 12.8. The van der Waals surface area contributed by atoms with E-state index in [1.54, 1.807) is 16.8 Å². The van der Waals surface area contributed by atoms with E-state index in [4.69, 9.17) is 4.74 Å². The summed E-state index contributed by atoms with van der Waals surface area (Å²) in [6, 6.07) is 4.75. The normalized spacial score (nSPS) is 12.1. The molecule has 1 aromatic heterocycles. The Labute approximate surface area is 166 Å². The van der Waals surface area contributed by atoms with Crippen molar-refractivity contribution >= 4 is 27.3 Å². The summed E-state index contributed by atoms with van der Waals surface area (Å²) in [6.07, 6.45) is 1.54. The van der Waals surface area contributed by atoms with E-state index >= 15 is 0 Å². The van der Waals surface area contributed by atoms with E-state index in [0.717, 1.165) is 0 Å². The van der Waals surface area contributed by atoms with Crippen LogP contribution in [0.3, 0.4) is 0 Å². The van der Waals surface area contributed by atoms with Crippen LogP contribution in [0.25, 0.3) is 0 Å². The number of carbonyl (C=O) groups is 1. The molecule has 0 spiro atoms. The number of nitrogens with zero attached hydrogens (tertiary/aromatic N) is 2. The number of carbonyl (C=O) groups excluding carboxylic acids is 1. The molecule has 0 aliphatic heterocycles. The lowest BCUT2D eigenvalue weighted by molar-refractivity contribution is -0.114.